The van der Waals surface area contributed by atoms with Gasteiger partial charge in [0.15, 0.2) is 0 Å². The van der Waals surface area contributed by atoms with E-state index in [9.17, 15) is 9.90 Å². The Bertz CT molecular complexity index is 1830. The smallest absolute Gasteiger partial charge is 0.227 e. The average molecular weight is 625 g/mol. The fraction of sp³-hybridized carbons (Fsp3) is 0.353. The average Bonchev–Trinajstić information content (AvgIpc) is 3.66. The number of aryl methyl sites for hydroxylation is 1. The molecule has 5 aromatic rings. The SMILES string of the molecule is COc1cc(N(C)CCN(C)C)c(NC(=O)C2CC2)cc1Nc1nccc(-c2[nH]c(CCCO)nc2-c2ccc3ccoc3c2)n1. The van der Waals surface area contributed by atoms with Crippen molar-refractivity contribution in [3.8, 4) is 28.4 Å². The van der Waals surface area contributed by atoms with Crippen LogP contribution in [-0.4, -0.2) is 83.8 Å². The third kappa shape index (κ3) is 6.98. The number of aliphatic hydroxyl groups excluding tert-OH is 1. The van der Waals surface area contributed by atoms with E-state index in [2.05, 4.69) is 30.4 Å². The zero-order chi connectivity index (χ0) is 32.2. The minimum absolute atomic E-state index is 0.0214. The first-order valence-corrected chi connectivity index (χ1v) is 15.5. The Balaban J connectivity index is 1.34. The summed E-state index contributed by atoms with van der Waals surface area (Å²) in [6, 6.07) is 13.5. The Kier molecular flexibility index (Phi) is 9.18. The van der Waals surface area contributed by atoms with Gasteiger partial charge in [0.25, 0.3) is 0 Å². The molecule has 1 saturated carbocycles. The van der Waals surface area contributed by atoms with Crippen LogP contribution in [0.1, 0.15) is 25.1 Å². The number of carbonyl (C=O) groups excluding carboxylic acids is 1. The molecule has 0 bridgehead atoms. The molecule has 3 aromatic heterocycles. The molecule has 1 aliphatic rings. The molecule has 240 valence electrons. The molecule has 4 N–H and O–H groups in total. The highest BCUT2D eigenvalue weighted by Crippen LogP contribution is 2.40. The summed E-state index contributed by atoms with van der Waals surface area (Å²) in [6.07, 6.45) is 6.34. The van der Waals surface area contributed by atoms with E-state index in [1.807, 2.05) is 63.6 Å². The molecule has 0 radical (unpaired) electrons. The number of aliphatic hydroxyl groups is 1. The van der Waals surface area contributed by atoms with Crippen LogP contribution in [0.5, 0.6) is 5.75 Å². The van der Waals surface area contributed by atoms with Crippen LogP contribution in [0.2, 0.25) is 0 Å². The lowest BCUT2D eigenvalue weighted by Gasteiger charge is -2.26. The predicted octanol–water partition coefficient (Wildman–Crippen LogP) is 5.30. The number of rotatable bonds is 14. The number of aromatic amines is 1. The van der Waals surface area contributed by atoms with E-state index in [4.69, 9.17) is 19.1 Å². The van der Waals surface area contributed by atoms with E-state index in [1.165, 1.54) is 0 Å². The summed E-state index contributed by atoms with van der Waals surface area (Å²) >= 11 is 0. The third-order valence-corrected chi connectivity index (χ3v) is 8.03. The zero-order valence-corrected chi connectivity index (χ0v) is 26.6. The number of methoxy groups -OCH3 is 1. The molecule has 12 nitrogen and oxygen atoms in total. The fourth-order valence-corrected chi connectivity index (χ4v) is 5.26. The number of nitrogens with one attached hydrogen (secondary N) is 3. The molecular formula is C34H40N8O4. The van der Waals surface area contributed by atoms with Crippen molar-refractivity contribution in [2.75, 3.05) is 63.5 Å². The van der Waals surface area contributed by atoms with Gasteiger partial charge in [-0.05, 0) is 57.6 Å². The second-order valence-corrected chi connectivity index (χ2v) is 11.9. The van der Waals surface area contributed by atoms with Crippen molar-refractivity contribution in [3.63, 3.8) is 0 Å². The molecule has 46 heavy (non-hydrogen) atoms. The van der Waals surface area contributed by atoms with E-state index in [-0.39, 0.29) is 18.4 Å². The minimum Gasteiger partial charge on any atom is -0.494 e. The lowest BCUT2D eigenvalue weighted by molar-refractivity contribution is -0.117. The first-order valence-electron chi connectivity index (χ1n) is 15.5. The summed E-state index contributed by atoms with van der Waals surface area (Å²) in [6.45, 7) is 1.68. The van der Waals surface area contributed by atoms with Gasteiger partial charge in [-0.1, -0.05) is 12.1 Å². The van der Waals surface area contributed by atoms with Crippen molar-refractivity contribution >= 4 is 39.9 Å². The standard InChI is InChI=1S/C34H40N8O4/c1-41(2)14-15-42(3)27-20-29(45-4)26(19-25(27)36-33(44)22-8-9-22)38-34-35-13-11-24(37-34)32-31(39-30(40-32)6-5-16-43)23-10-7-21-12-17-46-28(21)18-23/h7,10-13,17-20,22,43H,5-6,8-9,14-16H2,1-4H3,(H,36,44)(H,39,40)(H,35,37,38). The molecular weight excluding hydrogens is 584 g/mol. The van der Waals surface area contributed by atoms with Gasteiger partial charge in [0.1, 0.15) is 17.2 Å². The lowest BCUT2D eigenvalue weighted by atomic mass is 10.1. The number of aromatic nitrogens is 4. The van der Waals surface area contributed by atoms with Crippen molar-refractivity contribution in [1.82, 2.24) is 24.8 Å². The number of anilines is 4. The van der Waals surface area contributed by atoms with Gasteiger partial charge in [-0.3, -0.25) is 4.79 Å². The highest BCUT2D eigenvalue weighted by Gasteiger charge is 2.30. The Morgan fingerprint density at radius 1 is 1.09 bits per heavy atom. The molecule has 2 aromatic carbocycles. The van der Waals surface area contributed by atoms with Crippen molar-refractivity contribution in [2.45, 2.75) is 25.7 Å². The lowest BCUT2D eigenvalue weighted by Crippen LogP contribution is -2.29. The van der Waals surface area contributed by atoms with E-state index in [0.717, 1.165) is 65.4 Å². The maximum absolute atomic E-state index is 12.9. The molecule has 12 heteroatoms. The zero-order valence-electron chi connectivity index (χ0n) is 26.6. The van der Waals surface area contributed by atoms with Crippen molar-refractivity contribution < 1.29 is 19.1 Å². The first-order chi connectivity index (χ1) is 22.3. The third-order valence-electron chi connectivity index (χ3n) is 8.03. The molecule has 3 heterocycles. The number of hydrogen-bond acceptors (Lipinski definition) is 10. The van der Waals surface area contributed by atoms with Gasteiger partial charge in [0.05, 0.1) is 47.5 Å². The minimum atomic E-state index is 0.0214. The van der Waals surface area contributed by atoms with E-state index < -0.39 is 0 Å². The summed E-state index contributed by atoms with van der Waals surface area (Å²) in [5.41, 5.74) is 5.90. The van der Waals surface area contributed by atoms with E-state index in [1.54, 1.807) is 19.6 Å². The Morgan fingerprint density at radius 3 is 2.70 bits per heavy atom. The summed E-state index contributed by atoms with van der Waals surface area (Å²) < 4.78 is 11.5. The summed E-state index contributed by atoms with van der Waals surface area (Å²) in [5.74, 6) is 1.76. The van der Waals surface area contributed by atoms with Gasteiger partial charge in [0.2, 0.25) is 11.9 Å². The van der Waals surface area contributed by atoms with Crippen LogP contribution >= 0.6 is 0 Å². The molecule has 0 spiro atoms. The molecule has 0 atom stereocenters. The number of carbonyl (C=O) groups is 1. The van der Waals surface area contributed by atoms with Crippen LogP contribution in [0.15, 0.2) is 59.3 Å². The number of imidazole rings is 1. The van der Waals surface area contributed by atoms with Crippen LogP contribution in [0, 0.1) is 5.92 Å². The highest BCUT2D eigenvalue weighted by atomic mass is 16.5. The maximum atomic E-state index is 12.9. The van der Waals surface area contributed by atoms with E-state index in [0.29, 0.717) is 41.6 Å². The molecule has 0 saturated heterocycles. The van der Waals surface area contributed by atoms with Gasteiger partial charge in [-0.25, -0.2) is 15.0 Å². The number of benzene rings is 2. The largest absolute Gasteiger partial charge is 0.494 e. The van der Waals surface area contributed by atoms with Crippen molar-refractivity contribution in [2.24, 2.45) is 5.92 Å². The number of furan rings is 1. The monoisotopic (exact) mass is 624 g/mol. The molecule has 0 unspecified atom stereocenters. The highest BCUT2D eigenvalue weighted by molar-refractivity contribution is 5.98. The van der Waals surface area contributed by atoms with Crippen molar-refractivity contribution in [3.05, 3.63) is 60.7 Å². The molecule has 1 aliphatic carbocycles. The number of nitrogens with zero attached hydrogens (tertiary/aromatic N) is 5. The molecule has 6 rings (SSSR count). The summed E-state index contributed by atoms with van der Waals surface area (Å²) in [4.78, 5) is 34.8. The second kappa shape index (κ2) is 13.6. The number of ether oxygens (including phenoxy) is 1. The van der Waals surface area contributed by atoms with Gasteiger partial charge < -0.3 is 39.7 Å². The van der Waals surface area contributed by atoms with Crippen molar-refractivity contribution in [1.29, 1.82) is 0 Å². The number of likely N-dealkylation sites (N-methyl/N-ethyl adjacent to an activating group) is 2. The van der Waals surface area contributed by atoms with E-state index >= 15 is 0 Å². The van der Waals surface area contributed by atoms with Crippen LogP contribution < -0.4 is 20.3 Å². The maximum Gasteiger partial charge on any atom is 0.227 e. The quantitative estimate of drug-likeness (QED) is 0.128. The summed E-state index contributed by atoms with van der Waals surface area (Å²) in [7, 11) is 7.69. The molecule has 0 aliphatic heterocycles. The topological polar surface area (TPSA) is 145 Å². The van der Waals surface area contributed by atoms with Crippen LogP contribution in [0.3, 0.4) is 0 Å². The first kappa shape index (κ1) is 31.1. The van der Waals surface area contributed by atoms with Crippen LogP contribution in [0.4, 0.5) is 23.0 Å². The van der Waals surface area contributed by atoms with Gasteiger partial charge >= 0.3 is 0 Å². The Morgan fingerprint density at radius 2 is 1.93 bits per heavy atom. The van der Waals surface area contributed by atoms with Gasteiger partial charge in [-0.15, -0.1) is 0 Å². The number of hydrogen-bond donors (Lipinski definition) is 4. The second-order valence-electron chi connectivity index (χ2n) is 11.9. The van der Waals surface area contributed by atoms with Gasteiger partial charge in [-0.2, -0.15) is 0 Å². The number of amides is 1. The van der Waals surface area contributed by atoms with Crippen LogP contribution in [-0.2, 0) is 11.2 Å². The normalized spacial score (nSPS) is 12.9. The Hall–Kier alpha value is -4.94. The molecule has 1 amide bonds. The summed E-state index contributed by atoms with van der Waals surface area (Å²) in [5, 5.41) is 16.9. The number of H-pyrrole nitrogens is 1. The predicted molar refractivity (Wildman–Crippen MR) is 180 cm³/mol. The number of fused-ring (bicyclic) bond motifs is 1. The Labute approximate surface area is 267 Å². The molecule has 1 fully saturated rings. The fourth-order valence-electron chi connectivity index (χ4n) is 5.26. The van der Waals surface area contributed by atoms with Crippen LogP contribution in [0.25, 0.3) is 33.6 Å². The van der Waals surface area contributed by atoms with Gasteiger partial charge in [0, 0.05) is 62.3 Å².